The number of fused-ring (bicyclic) bond motifs is 2. The second-order valence-corrected chi connectivity index (χ2v) is 24.6. The molecule has 0 saturated carbocycles. The van der Waals surface area contributed by atoms with Crippen LogP contribution >= 0.6 is 0 Å². The van der Waals surface area contributed by atoms with Gasteiger partial charge in [-0.25, -0.2) is 31.4 Å². The quantitative estimate of drug-likeness (QED) is 0.0285. The number of aromatic hydroxyl groups is 2. The van der Waals surface area contributed by atoms with Crippen LogP contribution in [0.25, 0.3) is 33.4 Å². The van der Waals surface area contributed by atoms with Gasteiger partial charge in [0, 0.05) is 56.7 Å². The smallest absolute Gasteiger partial charge is 0.339 e. The number of sulfonamides is 2. The van der Waals surface area contributed by atoms with Crippen LogP contribution in [0.5, 0.6) is 11.5 Å². The van der Waals surface area contributed by atoms with Gasteiger partial charge in [-0.2, -0.15) is 16.8 Å². The summed E-state index contributed by atoms with van der Waals surface area (Å²) in [6.07, 6.45) is 1.06. The highest BCUT2D eigenvalue weighted by molar-refractivity contribution is 7.93. The fourth-order valence-corrected chi connectivity index (χ4v) is 13.3. The Balaban J connectivity index is 1.36. The first-order chi connectivity index (χ1) is 37.5. The van der Waals surface area contributed by atoms with E-state index in [2.05, 4.69) is 14.8 Å². The number of aromatic carboxylic acids is 2. The van der Waals surface area contributed by atoms with Crippen molar-refractivity contribution in [3.05, 3.63) is 153 Å². The highest BCUT2D eigenvalue weighted by Gasteiger charge is 2.30. The lowest BCUT2D eigenvalue weighted by atomic mass is 9.93. The molecule has 8 rings (SSSR count). The molecule has 0 bridgehead atoms. The van der Waals surface area contributed by atoms with Crippen molar-refractivity contribution in [1.29, 1.82) is 0 Å². The molecule has 0 unspecified atom stereocenters. The lowest BCUT2D eigenvalue weighted by Gasteiger charge is -2.23. The van der Waals surface area contributed by atoms with E-state index in [1.165, 1.54) is 24.3 Å². The van der Waals surface area contributed by atoms with Crippen molar-refractivity contribution in [2.75, 3.05) is 14.8 Å². The predicted molar refractivity (Wildman–Crippen MR) is 298 cm³/mol. The van der Waals surface area contributed by atoms with Crippen molar-refractivity contribution in [3.8, 4) is 33.9 Å². The van der Waals surface area contributed by atoms with Gasteiger partial charge in [0.1, 0.15) is 43.8 Å². The molecule has 1 aliphatic heterocycles. The highest BCUT2D eigenvalue weighted by atomic mass is 32.2. The van der Waals surface area contributed by atoms with Crippen LogP contribution in [0, 0.1) is 13.8 Å². The van der Waals surface area contributed by atoms with Crippen LogP contribution in [0.15, 0.2) is 132 Å². The molecule has 0 saturated heterocycles. The number of carboxylic acids is 2. The van der Waals surface area contributed by atoms with Crippen LogP contribution in [0.3, 0.4) is 0 Å². The minimum absolute atomic E-state index is 0.0182. The van der Waals surface area contributed by atoms with Gasteiger partial charge >= 0.3 is 11.9 Å². The van der Waals surface area contributed by atoms with Crippen molar-refractivity contribution in [2.45, 2.75) is 86.8 Å². The van der Waals surface area contributed by atoms with Crippen LogP contribution in [0.2, 0.25) is 0 Å². The Morgan fingerprint density at radius 1 is 0.562 bits per heavy atom. The van der Waals surface area contributed by atoms with Gasteiger partial charge in [0.15, 0.2) is 0 Å². The predicted octanol–water partition coefficient (Wildman–Crippen LogP) is 9.95. The van der Waals surface area contributed by atoms with E-state index in [9.17, 15) is 72.8 Å². The Morgan fingerprint density at radius 2 is 1.09 bits per heavy atom. The van der Waals surface area contributed by atoms with Crippen LogP contribution in [0.4, 0.5) is 28.4 Å². The lowest BCUT2D eigenvalue weighted by molar-refractivity contribution is 0.0682. The average Bonchev–Trinajstić information content (AvgIpc) is 3.60. The number of hydrogen-bond acceptors (Lipinski definition) is 15. The molecule has 1 heterocycles. The molecule has 418 valence electrons. The molecule has 21 nitrogen and oxygen atoms in total. The summed E-state index contributed by atoms with van der Waals surface area (Å²) in [5.41, 5.74) is 2.70. The van der Waals surface area contributed by atoms with Gasteiger partial charge in [0.05, 0.1) is 32.2 Å². The third kappa shape index (κ3) is 11.1. The standard InChI is InChI=1S/C55H52N4O17S4/c1-7-30-21-28(5)50(58-77(66,67)33-16-19-43(60)39(24-33)54(62)63)35(9-3)52(30)56-32-15-18-37-45(23-32)76-46-27-42(48(80(73,74)75)26-41(46)49(37)38-13-11-12-14-47(38)79(70,71)72)57-53-31(8-2)22-29(6)51(36(53)10-4)59-78(68,69)34-17-20-44(61)40(25-34)55(64)65/h11-27,56,58-61H,7-10H2,1-6H3,(H,62,63)(H,64,65)(H,70,71,72)(H,73,74,75)/b57-42+. The van der Waals surface area contributed by atoms with E-state index >= 15 is 0 Å². The Hall–Kier alpha value is -8.33. The lowest BCUT2D eigenvalue weighted by Crippen LogP contribution is -2.18. The first kappa shape index (κ1) is 57.8. The Bertz CT molecular complexity index is 4420. The fourth-order valence-electron chi connectivity index (χ4n) is 9.56. The maximum absolute atomic E-state index is 13.9. The third-order valence-electron chi connectivity index (χ3n) is 13.4. The van der Waals surface area contributed by atoms with E-state index in [-0.39, 0.29) is 75.3 Å². The van der Waals surface area contributed by atoms with Crippen LogP contribution in [0.1, 0.15) is 81.8 Å². The van der Waals surface area contributed by atoms with Gasteiger partial charge in [0.25, 0.3) is 40.3 Å². The number of anilines is 4. The van der Waals surface area contributed by atoms with Gasteiger partial charge in [-0.3, -0.25) is 18.5 Å². The SMILES string of the molecule is CCc1cc(C)c(NS(=O)(=O)c2ccc(O)c(C(=O)O)c2)c(CC)c1/N=c1\cc2oc3cc(Nc4c(CC)cc(C)c(NS(=O)(=O)c5ccc(O)c(C(=O)O)c5)c4CC)ccc3c(-c3ccccc3S(=O)(=O)O)c-2cc1S(=O)(=O)O. The summed E-state index contributed by atoms with van der Waals surface area (Å²) in [4.78, 5) is 26.1. The number of phenols is 2. The van der Waals surface area contributed by atoms with Crippen LogP contribution < -0.4 is 20.1 Å². The molecule has 1 aliphatic carbocycles. The first-order valence-corrected chi connectivity index (χ1v) is 30.3. The van der Waals surface area contributed by atoms with Crippen LogP contribution in [-0.4, -0.2) is 75.1 Å². The molecule has 0 aromatic heterocycles. The van der Waals surface area contributed by atoms with E-state index in [1.54, 1.807) is 65.0 Å². The van der Waals surface area contributed by atoms with E-state index < -0.39 is 99.8 Å². The molecule has 0 amide bonds. The summed E-state index contributed by atoms with van der Waals surface area (Å²) in [7, 11) is -19.2. The summed E-state index contributed by atoms with van der Waals surface area (Å²) in [5, 5.41) is 42.5. The summed E-state index contributed by atoms with van der Waals surface area (Å²) in [5.74, 6) is -4.54. The topological polar surface area (TPSA) is 354 Å². The Kier molecular flexibility index (Phi) is 15.7. The zero-order chi connectivity index (χ0) is 58.6. The largest absolute Gasteiger partial charge is 0.507 e. The van der Waals surface area contributed by atoms with Crippen molar-refractivity contribution >= 4 is 91.6 Å². The minimum Gasteiger partial charge on any atom is -0.507 e. The molecule has 6 aromatic rings. The fraction of sp³-hybridized carbons (Fsp3) is 0.182. The zero-order valence-corrected chi connectivity index (χ0v) is 46.7. The summed E-state index contributed by atoms with van der Waals surface area (Å²) < 4.78 is 142. The van der Waals surface area contributed by atoms with E-state index in [4.69, 9.17) is 9.41 Å². The number of aryl methyl sites for hydroxylation is 4. The van der Waals surface area contributed by atoms with Gasteiger partial charge in [-0.1, -0.05) is 58.0 Å². The minimum atomic E-state index is -5.24. The molecule has 2 aliphatic rings. The van der Waals surface area contributed by atoms with E-state index in [0.717, 1.165) is 54.1 Å². The third-order valence-corrected chi connectivity index (χ3v) is 17.9. The maximum Gasteiger partial charge on any atom is 0.339 e. The molecule has 0 spiro atoms. The normalized spacial score (nSPS) is 12.5. The molecule has 9 N–H and O–H groups in total. The van der Waals surface area contributed by atoms with Gasteiger partial charge in [0.2, 0.25) is 0 Å². The number of benzene rings is 7. The van der Waals surface area contributed by atoms with Gasteiger partial charge in [-0.15, -0.1) is 0 Å². The molecular weight excluding hydrogens is 1120 g/mol. The number of hydrogen-bond donors (Lipinski definition) is 9. The second kappa shape index (κ2) is 21.7. The molecule has 25 heteroatoms. The van der Waals surface area contributed by atoms with Crippen molar-refractivity contribution in [2.24, 2.45) is 4.99 Å². The van der Waals surface area contributed by atoms with Gasteiger partial charge < -0.3 is 30.2 Å². The summed E-state index contributed by atoms with van der Waals surface area (Å²) >= 11 is 0. The van der Waals surface area contributed by atoms with Crippen molar-refractivity contribution in [3.63, 3.8) is 0 Å². The number of carbonyl (C=O) groups is 2. The highest BCUT2D eigenvalue weighted by Crippen LogP contribution is 2.45. The second-order valence-electron chi connectivity index (χ2n) is 18.4. The van der Waals surface area contributed by atoms with Crippen molar-refractivity contribution in [1.82, 2.24) is 0 Å². The molecule has 0 atom stereocenters. The molecule has 6 aromatic carbocycles. The van der Waals surface area contributed by atoms with Gasteiger partial charge in [-0.05, 0) is 122 Å². The molecule has 80 heavy (non-hydrogen) atoms. The number of nitrogens with one attached hydrogen (secondary N) is 3. The Labute approximate surface area is 459 Å². The van der Waals surface area contributed by atoms with E-state index in [0.29, 0.717) is 40.0 Å². The van der Waals surface area contributed by atoms with Crippen LogP contribution in [-0.2, 0) is 66.0 Å². The molecule has 0 fully saturated rings. The number of nitrogens with zero attached hydrogens (tertiary/aromatic N) is 1. The number of carboxylic acid groups (broad SMARTS) is 2. The molecule has 0 radical (unpaired) electrons. The average molecular weight is 1170 g/mol. The first-order valence-electron chi connectivity index (χ1n) is 24.4. The maximum atomic E-state index is 13.9. The summed E-state index contributed by atoms with van der Waals surface area (Å²) in [6.45, 7) is 10.4. The Morgan fingerprint density at radius 3 is 1.60 bits per heavy atom. The molecular formula is C55H52N4O17S4. The number of rotatable bonds is 18. The summed E-state index contributed by atoms with van der Waals surface area (Å²) in [6, 6.07) is 21.2. The monoisotopic (exact) mass is 1170 g/mol. The zero-order valence-electron chi connectivity index (χ0n) is 43.4. The van der Waals surface area contributed by atoms with Crippen molar-refractivity contribution < 1.29 is 77.2 Å². The van der Waals surface area contributed by atoms with E-state index in [1.807, 2.05) is 6.92 Å².